The number of carboxylic acids is 1. The van der Waals surface area contributed by atoms with Crippen molar-refractivity contribution >= 4 is 17.7 Å². The lowest BCUT2D eigenvalue weighted by molar-refractivity contribution is -0.137. The molecule has 1 aromatic rings. The fourth-order valence-electron chi connectivity index (χ4n) is 2.90. The van der Waals surface area contributed by atoms with Gasteiger partial charge in [0.05, 0.1) is 0 Å². The Morgan fingerprint density at radius 2 is 1.95 bits per heavy atom. The number of ketones is 1. The van der Waals surface area contributed by atoms with Gasteiger partial charge in [-0.3, -0.25) is 14.4 Å². The molecule has 1 amide bonds. The van der Waals surface area contributed by atoms with E-state index in [0.29, 0.717) is 24.1 Å². The highest BCUT2D eigenvalue weighted by atomic mass is 16.4. The van der Waals surface area contributed by atoms with E-state index >= 15 is 0 Å². The van der Waals surface area contributed by atoms with Gasteiger partial charge in [-0.1, -0.05) is 12.1 Å². The third kappa shape index (κ3) is 3.93. The van der Waals surface area contributed by atoms with Crippen molar-refractivity contribution < 1.29 is 19.5 Å². The Balaban J connectivity index is 2.16. The number of piperidine rings is 1. The number of carboxylic acid groups (broad SMARTS) is 1. The van der Waals surface area contributed by atoms with Crippen LogP contribution in [0.5, 0.6) is 0 Å². The van der Waals surface area contributed by atoms with Gasteiger partial charge in [-0.15, -0.1) is 0 Å². The van der Waals surface area contributed by atoms with Crippen molar-refractivity contribution in [3.8, 4) is 0 Å². The molecule has 1 aliphatic rings. The molecule has 0 saturated carbocycles. The van der Waals surface area contributed by atoms with Crippen LogP contribution in [0.2, 0.25) is 0 Å². The molecule has 0 bridgehead atoms. The number of amides is 1. The van der Waals surface area contributed by atoms with E-state index in [2.05, 4.69) is 0 Å². The minimum absolute atomic E-state index is 0.0293. The van der Waals surface area contributed by atoms with Gasteiger partial charge in [0.15, 0.2) is 5.78 Å². The molecule has 1 saturated heterocycles. The van der Waals surface area contributed by atoms with Crippen LogP contribution < -0.4 is 0 Å². The average molecular weight is 303 g/mol. The van der Waals surface area contributed by atoms with Gasteiger partial charge in [0.2, 0.25) is 0 Å². The number of hydrogen-bond acceptors (Lipinski definition) is 3. The lowest BCUT2D eigenvalue weighted by atomic mass is 9.96. The first kappa shape index (κ1) is 16.2. The second-order valence-corrected chi connectivity index (χ2v) is 5.72. The van der Waals surface area contributed by atoms with Crippen molar-refractivity contribution in [1.29, 1.82) is 0 Å². The number of likely N-dealkylation sites (tertiary alicyclic amines) is 1. The first-order valence-electron chi connectivity index (χ1n) is 7.63. The van der Waals surface area contributed by atoms with Crippen molar-refractivity contribution in [3.63, 3.8) is 0 Å². The summed E-state index contributed by atoms with van der Waals surface area (Å²) in [7, 11) is 0. The zero-order valence-electron chi connectivity index (χ0n) is 12.7. The molecule has 1 unspecified atom stereocenters. The molecule has 0 aromatic heterocycles. The monoisotopic (exact) mass is 303 g/mol. The van der Waals surface area contributed by atoms with Gasteiger partial charge in [0.25, 0.3) is 5.91 Å². The average Bonchev–Trinajstić information content (AvgIpc) is 2.52. The number of aliphatic carboxylic acids is 1. The summed E-state index contributed by atoms with van der Waals surface area (Å²) in [5, 5.41) is 8.84. The maximum atomic E-state index is 12.7. The summed E-state index contributed by atoms with van der Waals surface area (Å²) in [5.74, 6) is -1.02. The van der Waals surface area contributed by atoms with Crippen LogP contribution in [0.3, 0.4) is 0 Å². The number of rotatable bonds is 5. The molecule has 5 heteroatoms. The Kier molecular flexibility index (Phi) is 5.31. The van der Waals surface area contributed by atoms with Crippen molar-refractivity contribution in [2.24, 2.45) is 0 Å². The first-order chi connectivity index (χ1) is 10.5. The summed E-state index contributed by atoms with van der Waals surface area (Å²) in [6, 6.07) is 6.70. The fraction of sp³-hybridized carbons (Fsp3) is 0.471. The SMILES string of the molecule is CC(=O)c1cccc(C(=O)N2CCCCC2CCC(=O)O)c1. The smallest absolute Gasteiger partial charge is 0.303 e. The summed E-state index contributed by atoms with van der Waals surface area (Å²) < 4.78 is 0. The lowest BCUT2D eigenvalue weighted by Gasteiger charge is -2.35. The minimum Gasteiger partial charge on any atom is -0.481 e. The van der Waals surface area contributed by atoms with Crippen LogP contribution in [-0.2, 0) is 4.79 Å². The molecule has 1 N–H and O–H groups in total. The van der Waals surface area contributed by atoms with Gasteiger partial charge >= 0.3 is 5.97 Å². The highest BCUT2D eigenvalue weighted by Gasteiger charge is 2.27. The molecule has 1 aliphatic heterocycles. The highest BCUT2D eigenvalue weighted by molar-refractivity contribution is 5.99. The highest BCUT2D eigenvalue weighted by Crippen LogP contribution is 2.23. The van der Waals surface area contributed by atoms with Crippen molar-refractivity contribution in [1.82, 2.24) is 4.90 Å². The summed E-state index contributed by atoms with van der Waals surface area (Å²) in [6.07, 6.45) is 3.34. The van der Waals surface area contributed by atoms with Crippen molar-refractivity contribution in [2.45, 2.75) is 45.1 Å². The number of Topliss-reactive ketones (excluding diaryl/α,β-unsaturated/α-hetero) is 1. The summed E-state index contributed by atoms with van der Waals surface area (Å²) in [6.45, 7) is 2.12. The van der Waals surface area contributed by atoms with E-state index in [9.17, 15) is 14.4 Å². The Hall–Kier alpha value is -2.17. The molecule has 0 aliphatic carbocycles. The lowest BCUT2D eigenvalue weighted by Crippen LogP contribution is -2.44. The van der Waals surface area contributed by atoms with Crippen LogP contribution in [0.15, 0.2) is 24.3 Å². The molecule has 118 valence electrons. The van der Waals surface area contributed by atoms with Crippen LogP contribution in [0.4, 0.5) is 0 Å². The Morgan fingerprint density at radius 1 is 1.23 bits per heavy atom. The predicted molar refractivity (Wildman–Crippen MR) is 82.0 cm³/mol. The van der Waals surface area contributed by atoms with Gasteiger partial charge in [0.1, 0.15) is 0 Å². The molecule has 0 spiro atoms. The van der Waals surface area contributed by atoms with Crippen LogP contribution >= 0.6 is 0 Å². The number of carbonyl (C=O) groups excluding carboxylic acids is 2. The molecule has 1 fully saturated rings. The molecule has 5 nitrogen and oxygen atoms in total. The Morgan fingerprint density at radius 3 is 2.64 bits per heavy atom. The topological polar surface area (TPSA) is 74.7 Å². The van der Waals surface area contributed by atoms with E-state index in [1.54, 1.807) is 29.2 Å². The van der Waals surface area contributed by atoms with Crippen LogP contribution in [0.1, 0.15) is 59.7 Å². The third-order valence-electron chi connectivity index (χ3n) is 4.10. The maximum absolute atomic E-state index is 12.7. The van der Waals surface area contributed by atoms with E-state index in [-0.39, 0.29) is 24.2 Å². The number of carbonyl (C=O) groups is 3. The predicted octanol–water partition coefficient (Wildman–Crippen LogP) is 2.75. The van der Waals surface area contributed by atoms with Crippen molar-refractivity contribution in [3.05, 3.63) is 35.4 Å². The standard InChI is InChI=1S/C17H21NO4/c1-12(19)13-5-4-6-14(11-13)17(22)18-10-3-2-7-15(18)8-9-16(20)21/h4-6,11,15H,2-3,7-10H2,1H3,(H,20,21). The van der Waals surface area contributed by atoms with E-state index in [1.165, 1.54) is 6.92 Å². The first-order valence-corrected chi connectivity index (χ1v) is 7.63. The zero-order chi connectivity index (χ0) is 16.1. The Bertz CT molecular complexity index is 582. The number of nitrogens with zero attached hydrogens (tertiary/aromatic N) is 1. The van der Waals surface area contributed by atoms with Gasteiger partial charge in [-0.05, 0) is 44.7 Å². The summed E-state index contributed by atoms with van der Waals surface area (Å²) in [4.78, 5) is 36.7. The van der Waals surface area contributed by atoms with Gasteiger partial charge in [0, 0.05) is 30.1 Å². The molecular formula is C17H21NO4. The molecular weight excluding hydrogens is 282 g/mol. The molecule has 1 aromatic carbocycles. The number of hydrogen-bond donors (Lipinski definition) is 1. The largest absolute Gasteiger partial charge is 0.481 e. The van der Waals surface area contributed by atoms with E-state index < -0.39 is 5.97 Å². The van der Waals surface area contributed by atoms with Gasteiger partial charge in [-0.2, -0.15) is 0 Å². The second kappa shape index (κ2) is 7.20. The van der Waals surface area contributed by atoms with Crippen LogP contribution in [-0.4, -0.2) is 40.3 Å². The normalized spacial score (nSPS) is 18.0. The van der Waals surface area contributed by atoms with E-state index in [1.807, 2.05) is 0 Å². The van der Waals surface area contributed by atoms with Gasteiger partial charge < -0.3 is 10.0 Å². The molecule has 0 radical (unpaired) electrons. The number of benzene rings is 1. The maximum Gasteiger partial charge on any atom is 0.303 e. The quantitative estimate of drug-likeness (QED) is 0.849. The zero-order valence-corrected chi connectivity index (χ0v) is 12.7. The minimum atomic E-state index is -0.837. The van der Waals surface area contributed by atoms with Crippen LogP contribution in [0.25, 0.3) is 0 Å². The molecule has 2 rings (SSSR count). The Labute approximate surface area is 129 Å². The van der Waals surface area contributed by atoms with Crippen molar-refractivity contribution in [2.75, 3.05) is 6.54 Å². The fourth-order valence-corrected chi connectivity index (χ4v) is 2.90. The third-order valence-corrected chi connectivity index (χ3v) is 4.10. The molecule has 1 heterocycles. The van der Waals surface area contributed by atoms with Gasteiger partial charge in [-0.25, -0.2) is 0 Å². The molecule has 22 heavy (non-hydrogen) atoms. The second-order valence-electron chi connectivity index (χ2n) is 5.72. The van der Waals surface area contributed by atoms with E-state index in [4.69, 9.17) is 5.11 Å². The molecule has 1 atom stereocenters. The van der Waals surface area contributed by atoms with E-state index in [0.717, 1.165) is 19.3 Å². The summed E-state index contributed by atoms with van der Waals surface area (Å²) in [5.41, 5.74) is 1.01. The van der Waals surface area contributed by atoms with Crippen LogP contribution in [0, 0.1) is 0 Å². The summed E-state index contributed by atoms with van der Waals surface area (Å²) >= 11 is 0.